The van der Waals surface area contributed by atoms with Crippen LogP contribution in [0.3, 0.4) is 0 Å². The molecule has 1 heterocycles. The van der Waals surface area contributed by atoms with Crippen LogP contribution in [0.5, 0.6) is 11.5 Å². The lowest BCUT2D eigenvalue weighted by Crippen LogP contribution is -2.42. The summed E-state index contributed by atoms with van der Waals surface area (Å²) in [7, 11) is 0. The van der Waals surface area contributed by atoms with Gasteiger partial charge in [-0.15, -0.1) is 0 Å². The van der Waals surface area contributed by atoms with E-state index in [0.717, 1.165) is 11.1 Å². The van der Waals surface area contributed by atoms with E-state index < -0.39 is 0 Å². The normalized spacial score (nSPS) is 18.3. The maximum atomic E-state index is 12.5. The van der Waals surface area contributed by atoms with Gasteiger partial charge in [0.25, 0.3) is 0 Å². The van der Waals surface area contributed by atoms with Crippen LogP contribution in [0.1, 0.15) is 11.1 Å². The Balaban J connectivity index is 1.42. The molecule has 2 amide bonds. The van der Waals surface area contributed by atoms with Gasteiger partial charge in [0.1, 0.15) is 11.5 Å². The SMILES string of the molecule is O=C(NCCc1ccc(O)cc1)[C@H]1CNC[C@@H]1C(=O)NCCc1ccc(O)cc1. The van der Waals surface area contributed by atoms with Crippen molar-refractivity contribution in [2.24, 2.45) is 11.8 Å². The van der Waals surface area contributed by atoms with Crippen molar-refractivity contribution in [3.8, 4) is 11.5 Å². The number of amides is 2. The molecule has 1 aliphatic rings. The zero-order chi connectivity index (χ0) is 20.6. The summed E-state index contributed by atoms with van der Waals surface area (Å²) in [4.78, 5) is 25.1. The maximum absolute atomic E-state index is 12.5. The quantitative estimate of drug-likeness (QED) is 0.456. The summed E-state index contributed by atoms with van der Waals surface area (Å²) < 4.78 is 0. The molecule has 1 saturated heterocycles. The molecule has 3 rings (SSSR count). The highest BCUT2D eigenvalue weighted by molar-refractivity contribution is 5.88. The van der Waals surface area contributed by atoms with Crippen LogP contribution in [-0.4, -0.2) is 48.2 Å². The van der Waals surface area contributed by atoms with Crippen LogP contribution < -0.4 is 16.0 Å². The van der Waals surface area contributed by atoms with Crippen molar-refractivity contribution in [3.63, 3.8) is 0 Å². The summed E-state index contributed by atoms with van der Waals surface area (Å²) >= 11 is 0. The van der Waals surface area contributed by atoms with E-state index in [0.29, 0.717) is 39.0 Å². The highest BCUT2D eigenvalue weighted by Gasteiger charge is 2.37. The Kier molecular flexibility index (Phi) is 7.08. The minimum Gasteiger partial charge on any atom is -0.508 e. The number of phenols is 2. The lowest BCUT2D eigenvalue weighted by atomic mass is 9.94. The molecule has 2 aromatic carbocycles. The molecule has 2 aromatic rings. The molecule has 0 radical (unpaired) electrons. The Bertz CT molecular complexity index is 751. The smallest absolute Gasteiger partial charge is 0.225 e. The molecule has 0 bridgehead atoms. The van der Waals surface area contributed by atoms with Gasteiger partial charge >= 0.3 is 0 Å². The first-order chi connectivity index (χ1) is 14.0. The van der Waals surface area contributed by atoms with Gasteiger partial charge in [-0.25, -0.2) is 0 Å². The Morgan fingerprint density at radius 2 is 1.14 bits per heavy atom. The number of hydrogen-bond acceptors (Lipinski definition) is 5. The van der Waals surface area contributed by atoms with E-state index in [9.17, 15) is 19.8 Å². The Morgan fingerprint density at radius 1 is 0.759 bits per heavy atom. The summed E-state index contributed by atoms with van der Waals surface area (Å²) in [5.41, 5.74) is 2.05. The second-order valence-electron chi connectivity index (χ2n) is 7.29. The molecule has 7 nitrogen and oxygen atoms in total. The number of carbonyl (C=O) groups excluding carboxylic acids is 2. The van der Waals surface area contributed by atoms with Crippen molar-refractivity contribution in [1.82, 2.24) is 16.0 Å². The summed E-state index contributed by atoms with van der Waals surface area (Å²) in [5.74, 6) is -0.574. The molecule has 29 heavy (non-hydrogen) atoms. The molecule has 154 valence electrons. The zero-order valence-corrected chi connectivity index (χ0v) is 16.2. The molecule has 5 N–H and O–H groups in total. The third kappa shape index (κ3) is 5.96. The first-order valence-electron chi connectivity index (χ1n) is 9.85. The third-order valence-corrected chi connectivity index (χ3v) is 5.19. The van der Waals surface area contributed by atoms with Crippen molar-refractivity contribution in [3.05, 3.63) is 59.7 Å². The second-order valence-corrected chi connectivity index (χ2v) is 7.29. The molecule has 0 saturated carbocycles. The van der Waals surface area contributed by atoms with Crippen molar-refractivity contribution in [2.45, 2.75) is 12.8 Å². The van der Waals surface area contributed by atoms with Crippen molar-refractivity contribution < 1.29 is 19.8 Å². The van der Waals surface area contributed by atoms with Crippen LogP contribution in [0, 0.1) is 11.8 Å². The van der Waals surface area contributed by atoms with E-state index in [2.05, 4.69) is 16.0 Å². The Hall–Kier alpha value is -3.06. The van der Waals surface area contributed by atoms with E-state index in [1.165, 1.54) is 0 Å². The monoisotopic (exact) mass is 397 g/mol. The molecule has 2 atom stereocenters. The minimum atomic E-state index is -0.386. The van der Waals surface area contributed by atoms with E-state index in [-0.39, 0.29) is 35.1 Å². The number of hydrogen-bond donors (Lipinski definition) is 5. The number of benzene rings is 2. The topological polar surface area (TPSA) is 111 Å². The average Bonchev–Trinajstić information content (AvgIpc) is 3.21. The summed E-state index contributed by atoms with van der Waals surface area (Å²) in [6.07, 6.45) is 1.32. The van der Waals surface area contributed by atoms with Gasteiger partial charge in [-0.1, -0.05) is 24.3 Å². The predicted octanol–water partition coefficient (Wildman–Crippen LogP) is 0.951. The maximum Gasteiger partial charge on any atom is 0.225 e. The van der Waals surface area contributed by atoms with Gasteiger partial charge in [-0.2, -0.15) is 0 Å². The van der Waals surface area contributed by atoms with E-state index in [4.69, 9.17) is 0 Å². The van der Waals surface area contributed by atoms with Gasteiger partial charge < -0.3 is 26.2 Å². The lowest BCUT2D eigenvalue weighted by Gasteiger charge is -2.18. The highest BCUT2D eigenvalue weighted by atomic mass is 16.3. The van der Waals surface area contributed by atoms with E-state index in [1.54, 1.807) is 24.3 Å². The standard InChI is InChI=1S/C22H27N3O4/c26-17-5-1-15(2-6-17)9-11-24-21(28)19-13-23-14-20(19)22(29)25-12-10-16-3-7-18(27)8-4-16/h1-8,19-20,23,26-27H,9-14H2,(H,24,28)(H,25,29)/t19-,20-/m0/s1. The number of phenolic OH excluding ortho intramolecular Hbond substituents is 2. The largest absolute Gasteiger partial charge is 0.508 e. The zero-order valence-electron chi connectivity index (χ0n) is 16.2. The molecule has 0 aliphatic carbocycles. The summed E-state index contributed by atoms with van der Waals surface area (Å²) in [6, 6.07) is 13.8. The highest BCUT2D eigenvalue weighted by Crippen LogP contribution is 2.18. The molecular weight excluding hydrogens is 370 g/mol. The van der Waals surface area contributed by atoms with E-state index in [1.807, 2.05) is 24.3 Å². The first-order valence-corrected chi connectivity index (χ1v) is 9.85. The van der Waals surface area contributed by atoms with Crippen LogP contribution in [-0.2, 0) is 22.4 Å². The molecule has 1 fully saturated rings. The fraction of sp³-hybridized carbons (Fsp3) is 0.364. The van der Waals surface area contributed by atoms with Crippen molar-refractivity contribution in [1.29, 1.82) is 0 Å². The van der Waals surface area contributed by atoms with Gasteiger partial charge in [0.05, 0.1) is 11.8 Å². The van der Waals surface area contributed by atoms with Gasteiger partial charge in [0.2, 0.25) is 11.8 Å². The summed E-state index contributed by atoms with van der Waals surface area (Å²) in [6.45, 7) is 1.94. The van der Waals surface area contributed by atoms with Gasteiger partial charge in [-0.3, -0.25) is 9.59 Å². The van der Waals surface area contributed by atoms with Crippen LogP contribution in [0.2, 0.25) is 0 Å². The number of carbonyl (C=O) groups is 2. The molecule has 1 aliphatic heterocycles. The lowest BCUT2D eigenvalue weighted by molar-refractivity contribution is -0.132. The molecule has 0 aromatic heterocycles. The van der Waals surface area contributed by atoms with Gasteiger partial charge in [0.15, 0.2) is 0 Å². The van der Waals surface area contributed by atoms with Crippen LogP contribution in [0.4, 0.5) is 0 Å². The molecule has 0 unspecified atom stereocenters. The fourth-order valence-electron chi connectivity index (χ4n) is 3.48. The number of aromatic hydroxyl groups is 2. The van der Waals surface area contributed by atoms with E-state index >= 15 is 0 Å². The Morgan fingerprint density at radius 3 is 1.52 bits per heavy atom. The van der Waals surface area contributed by atoms with Crippen molar-refractivity contribution in [2.75, 3.05) is 26.2 Å². The number of rotatable bonds is 8. The first kappa shape index (κ1) is 20.7. The minimum absolute atomic E-state index is 0.118. The predicted molar refractivity (Wildman–Crippen MR) is 109 cm³/mol. The average molecular weight is 397 g/mol. The number of nitrogens with one attached hydrogen (secondary N) is 3. The second kappa shape index (κ2) is 9.93. The van der Waals surface area contributed by atoms with Gasteiger partial charge in [-0.05, 0) is 48.2 Å². The van der Waals surface area contributed by atoms with Crippen LogP contribution >= 0.6 is 0 Å². The molecule has 7 heteroatoms. The summed E-state index contributed by atoms with van der Waals surface area (Å²) in [5, 5.41) is 27.6. The third-order valence-electron chi connectivity index (χ3n) is 5.19. The molecule has 0 spiro atoms. The fourth-order valence-corrected chi connectivity index (χ4v) is 3.48. The van der Waals surface area contributed by atoms with Crippen LogP contribution in [0.25, 0.3) is 0 Å². The molecular formula is C22H27N3O4. The Labute approximate surface area is 170 Å². The van der Waals surface area contributed by atoms with Gasteiger partial charge in [0, 0.05) is 26.2 Å². The van der Waals surface area contributed by atoms with Crippen molar-refractivity contribution >= 4 is 11.8 Å². The van der Waals surface area contributed by atoms with Crippen LogP contribution in [0.15, 0.2) is 48.5 Å².